The standard InChI is InChI=1S/C13H13ClIN5O/c1-2-9(21)19-4-3-7(6-19)20-11-8(14)5-17-13(16)10(11)12(15)18-20/h2,5,7H,1,3-4,6H2,(H2,16,17). The number of hydrogen-bond donors (Lipinski definition) is 1. The second kappa shape index (κ2) is 5.45. The van der Waals surface area contributed by atoms with Gasteiger partial charge >= 0.3 is 0 Å². The van der Waals surface area contributed by atoms with Crippen LogP contribution in [0.5, 0.6) is 0 Å². The van der Waals surface area contributed by atoms with Crippen LogP contribution in [0.2, 0.25) is 5.02 Å². The van der Waals surface area contributed by atoms with Crippen LogP contribution >= 0.6 is 34.2 Å². The van der Waals surface area contributed by atoms with Gasteiger partial charge in [0.2, 0.25) is 5.91 Å². The average molecular weight is 418 g/mol. The largest absolute Gasteiger partial charge is 0.383 e. The highest BCUT2D eigenvalue weighted by molar-refractivity contribution is 14.1. The summed E-state index contributed by atoms with van der Waals surface area (Å²) in [5, 5.41) is 5.84. The molecule has 6 nitrogen and oxygen atoms in total. The zero-order valence-corrected chi connectivity index (χ0v) is 14.0. The van der Waals surface area contributed by atoms with Crippen molar-refractivity contribution >= 4 is 56.8 Å². The van der Waals surface area contributed by atoms with Crippen molar-refractivity contribution in [3.05, 3.63) is 27.6 Å². The van der Waals surface area contributed by atoms with Crippen molar-refractivity contribution in [2.45, 2.75) is 12.5 Å². The number of aromatic nitrogens is 3. The van der Waals surface area contributed by atoms with Crippen molar-refractivity contribution in [2.75, 3.05) is 18.8 Å². The van der Waals surface area contributed by atoms with Crippen LogP contribution in [-0.2, 0) is 4.79 Å². The smallest absolute Gasteiger partial charge is 0.246 e. The lowest BCUT2D eigenvalue weighted by atomic mass is 10.2. The number of nitrogen functional groups attached to an aromatic ring is 1. The van der Waals surface area contributed by atoms with E-state index in [9.17, 15) is 4.79 Å². The molecule has 0 radical (unpaired) electrons. The lowest BCUT2D eigenvalue weighted by Crippen LogP contribution is -2.27. The van der Waals surface area contributed by atoms with Gasteiger partial charge in [-0.2, -0.15) is 5.10 Å². The molecule has 2 aromatic heterocycles. The fourth-order valence-corrected chi connectivity index (χ4v) is 3.64. The third kappa shape index (κ3) is 2.38. The summed E-state index contributed by atoms with van der Waals surface area (Å²) in [6, 6.07) is 0.0826. The summed E-state index contributed by atoms with van der Waals surface area (Å²) in [5.74, 6) is 0.359. The monoisotopic (exact) mass is 417 g/mol. The fourth-order valence-electron chi connectivity index (χ4n) is 2.65. The number of carbonyl (C=O) groups is 1. The third-order valence-corrected chi connectivity index (χ3v) is 4.69. The maximum Gasteiger partial charge on any atom is 0.246 e. The topological polar surface area (TPSA) is 77.0 Å². The molecular weight excluding hydrogens is 405 g/mol. The van der Waals surface area contributed by atoms with Gasteiger partial charge < -0.3 is 10.6 Å². The Morgan fingerprint density at radius 3 is 3.10 bits per heavy atom. The van der Waals surface area contributed by atoms with Crippen molar-refractivity contribution in [1.82, 2.24) is 19.7 Å². The highest BCUT2D eigenvalue weighted by Gasteiger charge is 2.29. The van der Waals surface area contributed by atoms with Crippen LogP contribution in [-0.4, -0.2) is 38.7 Å². The molecule has 0 spiro atoms. The normalized spacial score (nSPS) is 18.4. The van der Waals surface area contributed by atoms with E-state index in [4.69, 9.17) is 17.3 Å². The molecule has 1 fully saturated rings. The van der Waals surface area contributed by atoms with E-state index in [1.165, 1.54) is 12.3 Å². The molecule has 110 valence electrons. The van der Waals surface area contributed by atoms with Gasteiger partial charge in [-0.25, -0.2) is 4.98 Å². The van der Waals surface area contributed by atoms with Gasteiger partial charge in [-0.05, 0) is 35.1 Å². The van der Waals surface area contributed by atoms with E-state index in [1.54, 1.807) is 4.90 Å². The number of nitrogens with two attached hydrogens (primary N) is 1. The summed E-state index contributed by atoms with van der Waals surface area (Å²) >= 11 is 8.40. The molecule has 2 N–H and O–H groups in total. The molecule has 3 rings (SSSR count). The number of halogens is 2. The first kappa shape index (κ1) is 14.6. The number of nitrogens with zero attached hydrogens (tertiary/aromatic N) is 4. The molecule has 0 aromatic carbocycles. The summed E-state index contributed by atoms with van der Waals surface area (Å²) in [7, 11) is 0. The molecule has 1 amide bonds. The highest BCUT2D eigenvalue weighted by Crippen LogP contribution is 2.34. The molecule has 0 aliphatic carbocycles. The maximum atomic E-state index is 11.7. The number of likely N-dealkylation sites (tertiary alicyclic amines) is 1. The Balaban J connectivity index is 2.05. The first-order valence-corrected chi connectivity index (χ1v) is 7.87. The fraction of sp³-hybridized carbons (Fsp3) is 0.308. The van der Waals surface area contributed by atoms with Crippen molar-refractivity contribution in [2.24, 2.45) is 0 Å². The van der Waals surface area contributed by atoms with E-state index in [-0.39, 0.29) is 11.9 Å². The van der Waals surface area contributed by atoms with E-state index < -0.39 is 0 Å². The molecule has 3 heterocycles. The van der Waals surface area contributed by atoms with Crippen molar-refractivity contribution in [3.8, 4) is 0 Å². The van der Waals surface area contributed by atoms with E-state index in [0.29, 0.717) is 23.9 Å². The zero-order valence-electron chi connectivity index (χ0n) is 11.1. The second-order valence-electron chi connectivity index (χ2n) is 4.88. The summed E-state index contributed by atoms with van der Waals surface area (Å²) in [5.41, 5.74) is 6.71. The van der Waals surface area contributed by atoms with Crippen LogP contribution in [0, 0.1) is 3.70 Å². The van der Waals surface area contributed by atoms with Gasteiger partial charge in [-0.1, -0.05) is 18.2 Å². The molecule has 8 heteroatoms. The van der Waals surface area contributed by atoms with E-state index >= 15 is 0 Å². The minimum Gasteiger partial charge on any atom is -0.383 e. The average Bonchev–Trinajstić information content (AvgIpc) is 3.07. The van der Waals surface area contributed by atoms with Gasteiger partial charge in [0.25, 0.3) is 0 Å². The number of pyridine rings is 1. The molecule has 1 aliphatic rings. The van der Waals surface area contributed by atoms with Crippen LogP contribution in [0.4, 0.5) is 5.82 Å². The SMILES string of the molecule is C=CC(=O)N1CCC(n2nc(I)c3c(N)ncc(Cl)c32)C1. The molecule has 21 heavy (non-hydrogen) atoms. The third-order valence-electron chi connectivity index (χ3n) is 3.66. The number of carbonyl (C=O) groups excluding carboxylic acids is 1. The first-order chi connectivity index (χ1) is 10.0. The van der Waals surface area contributed by atoms with Crippen molar-refractivity contribution in [1.29, 1.82) is 0 Å². The first-order valence-electron chi connectivity index (χ1n) is 6.42. The molecule has 0 bridgehead atoms. The zero-order chi connectivity index (χ0) is 15.1. The molecule has 2 aromatic rings. The van der Waals surface area contributed by atoms with Gasteiger partial charge in [-0.15, -0.1) is 0 Å². The predicted molar refractivity (Wildman–Crippen MR) is 90.1 cm³/mol. The lowest BCUT2D eigenvalue weighted by molar-refractivity contribution is -0.125. The van der Waals surface area contributed by atoms with Crippen LogP contribution in [0.25, 0.3) is 10.9 Å². The maximum absolute atomic E-state index is 11.7. The molecule has 1 unspecified atom stereocenters. The van der Waals surface area contributed by atoms with E-state index in [1.807, 2.05) is 4.68 Å². The Labute approximate surface area is 140 Å². The van der Waals surface area contributed by atoms with Crippen molar-refractivity contribution in [3.63, 3.8) is 0 Å². The molecule has 0 saturated carbocycles. The lowest BCUT2D eigenvalue weighted by Gasteiger charge is -2.15. The Hall–Kier alpha value is -1.35. The van der Waals surface area contributed by atoms with Gasteiger partial charge in [0.1, 0.15) is 9.52 Å². The van der Waals surface area contributed by atoms with Gasteiger partial charge in [0.05, 0.1) is 28.2 Å². The van der Waals surface area contributed by atoms with Crippen LogP contribution in [0.15, 0.2) is 18.9 Å². The summed E-state index contributed by atoms with van der Waals surface area (Å²) in [6.45, 7) is 4.80. The Morgan fingerprint density at radius 2 is 2.38 bits per heavy atom. The number of amides is 1. The van der Waals surface area contributed by atoms with Gasteiger partial charge in [0, 0.05) is 13.1 Å². The summed E-state index contributed by atoms with van der Waals surface area (Å²) < 4.78 is 2.64. The Morgan fingerprint density at radius 1 is 1.62 bits per heavy atom. The molecule has 1 atom stereocenters. The number of hydrogen-bond acceptors (Lipinski definition) is 4. The minimum absolute atomic E-state index is 0.0593. The van der Waals surface area contributed by atoms with Gasteiger partial charge in [0.15, 0.2) is 0 Å². The number of fused-ring (bicyclic) bond motifs is 1. The van der Waals surface area contributed by atoms with Crippen molar-refractivity contribution < 1.29 is 4.79 Å². The second-order valence-corrected chi connectivity index (χ2v) is 6.31. The molecule has 1 saturated heterocycles. The summed E-state index contributed by atoms with van der Waals surface area (Å²) in [6.07, 6.45) is 3.70. The van der Waals surface area contributed by atoms with Crippen LogP contribution < -0.4 is 5.73 Å². The predicted octanol–water partition coefficient (Wildman–Crippen LogP) is 2.23. The molecular formula is C13H13ClIN5O. The number of anilines is 1. The highest BCUT2D eigenvalue weighted by atomic mass is 127. The van der Waals surface area contributed by atoms with Crippen LogP contribution in [0.3, 0.4) is 0 Å². The minimum atomic E-state index is -0.0593. The van der Waals surface area contributed by atoms with E-state index in [0.717, 1.165) is 21.0 Å². The Bertz CT molecular complexity index is 744. The molecule has 1 aliphatic heterocycles. The van der Waals surface area contributed by atoms with Crippen LogP contribution in [0.1, 0.15) is 12.5 Å². The summed E-state index contributed by atoms with van der Waals surface area (Å²) in [4.78, 5) is 17.5. The quantitative estimate of drug-likeness (QED) is 0.600. The van der Waals surface area contributed by atoms with E-state index in [2.05, 4.69) is 39.3 Å². The van der Waals surface area contributed by atoms with Gasteiger partial charge in [-0.3, -0.25) is 9.48 Å². The Kier molecular flexibility index (Phi) is 3.78. The number of rotatable bonds is 2.